The van der Waals surface area contributed by atoms with Crippen LogP contribution in [0, 0.1) is 19.1 Å². The Bertz CT molecular complexity index is 2430. The quantitative estimate of drug-likeness (QED) is 0.123. The Morgan fingerprint density at radius 1 is 0.673 bits per heavy atom. The molecule has 0 unspecified atom stereocenters. The van der Waals surface area contributed by atoms with Crippen molar-refractivity contribution in [2.24, 2.45) is 0 Å². The molecular formula is C47H42IrN2SSi-2. The first-order valence-electron chi connectivity index (χ1n) is 17.5. The minimum absolute atomic E-state index is 0. The maximum Gasteiger partial charge on any atom is 0.0795 e. The Morgan fingerprint density at radius 3 is 2.10 bits per heavy atom. The number of aromatic nitrogens is 2. The molecule has 0 aliphatic rings. The predicted octanol–water partition coefficient (Wildman–Crippen LogP) is 12.3. The van der Waals surface area contributed by atoms with E-state index in [0.717, 1.165) is 22.5 Å². The zero-order valence-corrected chi connectivity index (χ0v) is 34.7. The van der Waals surface area contributed by atoms with Gasteiger partial charge >= 0.3 is 0 Å². The second kappa shape index (κ2) is 15.6. The first kappa shape index (κ1) is 37.2. The van der Waals surface area contributed by atoms with E-state index in [0.29, 0.717) is 0 Å². The third-order valence-corrected chi connectivity index (χ3v) is 12.9. The maximum absolute atomic E-state index is 4.78. The SMILES string of the molecule is CC(C)(c1ccccc1)c1ccnc(-c2[c-]ccc(-c3ccccc3)c2)c1.Cc1c[c-]c(-c2ccc([Si](C)(C)C)cn2)c2sc3ccccc3c12.[Ir]. The molecule has 8 rings (SSSR count). The van der Waals surface area contributed by atoms with E-state index in [1.54, 1.807) is 0 Å². The van der Waals surface area contributed by atoms with Crippen molar-refractivity contribution in [2.45, 2.75) is 45.8 Å². The zero-order valence-electron chi connectivity index (χ0n) is 30.5. The molecule has 1 radical (unpaired) electrons. The minimum Gasteiger partial charge on any atom is -0.305 e. The van der Waals surface area contributed by atoms with Gasteiger partial charge in [-0.3, -0.25) is 0 Å². The van der Waals surface area contributed by atoms with E-state index in [4.69, 9.17) is 4.98 Å². The molecule has 0 saturated carbocycles. The number of hydrogen-bond donors (Lipinski definition) is 0. The van der Waals surface area contributed by atoms with Crippen LogP contribution in [0.4, 0.5) is 0 Å². The monoisotopic (exact) mass is 887 g/mol. The molecule has 261 valence electrons. The van der Waals surface area contributed by atoms with Crippen molar-refractivity contribution in [2.75, 3.05) is 0 Å². The van der Waals surface area contributed by atoms with Gasteiger partial charge in [-0.05, 0) is 55.5 Å². The summed E-state index contributed by atoms with van der Waals surface area (Å²) >= 11 is 1.84. The molecule has 0 atom stereocenters. The van der Waals surface area contributed by atoms with Gasteiger partial charge in [-0.25, -0.2) is 0 Å². The Hall–Kier alpha value is -4.51. The summed E-state index contributed by atoms with van der Waals surface area (Å²) in [5.41, 5.74) is 10.2. The average Bonchev–Trinajstić information content (AvgIpc) is 3.56. The summed E-state index contributed by atoms with van der Waals surface area (Å²) in [5, 5.41) is 4.08. The van der Waals surface area contributed by atoms with Crippen molar-refractivity contribution in [1.29, 1.82) is 0 Å². The van der Waals surface area contributed by atoms with E-state index < -0.39 is 8.07 Å². The topological polar surface area (TPSA) is 25.8 Å². The summed E-state index contributed by atoms with van der Waals surface area (Å²) in [6.45, 7) is 13.7. The van der Waals surface area contributed by atoms with E-state index in [-0.39, 0.29) is 25.5 Å². The van der Waals surface area contributed by atoms with Crippen LogP contribution >= 0.6 is 11.3 Å². The fraction of sp³-hybridized carbons (Fsp3) is 0.149. The molecule has 0 spiro atoms. The van der Waals surface area contributed by atoms with Crippen LogP contribution in [0.25, 0.3) is 53.8 Å². The van der Waals surface area contributed by atoms with Crippen LogP contribution in [0.15, 0.2) is 146 Å². The van der Waals surface area contributed by atoms with Gasteiger partial charge in [0, 0.05) is 42.6 Å². The normalized spacial score (nSPS) is 11.5. The molecule has 8 aromatic rings. The predicted molar refractivity (Wildman–Crippen MR) is 222 cm³/mol. The van der Waals surface area contributed by atoms with Crippen LogP contribution in [0.2, 0.25) is 19.6 Å². The summed E-state index contributed by atoms with van der Waals surface area (Å²) in [7, 11) is -1.32. The number of thiophene rings is 1. The molecule has 0 fully saturated rings. The Balaban J connectivity index is 0.000000176. The van der Waals surface area contributed by atoms with Crippen molar-refractivity contribution in [3.05, 3.63) is 175 Å². The molecule has 52 heavy (non-hydrogen) atoms. The summed E-state index contributed by atoms with van der Waals surface area (Å²) in [5.74, 6) is 0. The average molecular weight is 887 g/mol. The van der Waals surface area contributed by atoms with E-state index in [2.05, 4.69) is 185 Å². The first-order chi connectivity index (χ1) is 24.6. The zero-order chi connectivity index (χ0) is 35.6. The second-order valence-electron chi connectivity index (χ2n) is 14.6. The fourth-order valence-electron chi connectivity index (χ4n) is 6.52. The van der Waals surface area contributed by atoms with E-state index in [1.165, 1.54) is 53.2 Å². The van der Waals surface area contributed by atoms with Gasteiger partial charge in [0.25, 0.3) is 0 Å². The van der Waals surface area contributed by atoms with Gasteiger partial charge in [0.05, 0.1) is 8.07 Å². The molecule has 0 amide bonds. The molecule has 3 aromatic heterocycles. The van der Waals surface area contributed by atoms with Gasteiger partial charge in [0.2, 0.25) is 0 Å². The second-order valence-corrected chi connectivity index (χ2v) is 20.7. The minimum atomic E-state index is -1.32. The van der Waals surface area contributed by atoms with Crippen molar-refractivity contribution >= 4 is 44.8 Å². The van der Waals surface area contributed by atoms with E-state index in [9.17, 15) is 0 Å². The number of pyridine rings is 2. The summed E-state index contributed by atoms with van der Waals surface area (Å²) in [4.78, 5) is 9.40. The van der Waals surface area contributed by atoms with Crippen molar-refractivity contribution in [1.82, 2.24) is 9.97 Å². The van der Waals surface area contributed by atoms with Crippen LogP contribution in [0.3, 0.4) is 0 Å². The molecule has 5 aromatic carbocycles. The molecule has 5 heteroatoms. The smallest absolute Gasteiger partial charge is 0.0795 e. The molecule has 3 heterocycles. The van der Waals surface area contributed by atoms with Crippen LogP contribution in [-0.2, 0) is 25.5 Å². The van der Waals surface area contributed by atoms with Gasteiger partial charge < -0.3 is 9.97 Å². The molecule has 0 N–H and O–H groups in total. The first-order valence-corrected chi connectivity index (χ1v) is 21.8. The third-order valence-electron chi connectivity index (χ3n) is 9.70. The number of aryl methyl sites for hydroxylation is 1. The fourth-order valence-corrected chi connectivity index (χ4v) is 8.84. The molecule has 0 aliphatic carbocycles. The third kappa shape index (κ3) is 7.79. The Kier molecular flexibility index (Phi) is 11.2. The number of hydrogen-bond acceptors (Lipinski definition) is 3. The van der Waals surface area contributed by atoms with Gasteiger partial charge in [-0.1, -0.05) is 143 Å². The van der Waals surface area contributed by atoms with Crippen molar-refractivity contribution in [3.8, 4) is 33.6 Å². The Morgan fingerprint density at radius 2 is 1.38 bits per heavy atom. The van der Waals surface area contributed by atoms with E-state index in [1.807, 2.05) is 29.7 Å². The van der Waals surface area contributed by atoms with Crippen LogP contribution in [0.1, 0.15) is 30.5 Å². The van der Waals surface area contributed by atoms with Gasteiger partial charge in [0.1, 0.15) is 0 Å². The summed E-state index contributed by atoms with van der Waals surface area (Å²) < 4.78 is 2.62. The van der Waals surface area contributed by atoms with Crippen LogP contribution in [-0.4, -0.2) is 18.0 Å². The van der Waals surface area contributed by atoms with Gasteiger partial charge in [-0.15, -0.1) is 58.7 Å². The van der Waals surface area contributed by atoms with Gasteiger partial charge in [-0.2, -0.15) is 11.3 Å². The van der Waals surface area contributed by atoms with Crippen molar-refractivity contribution in [3.63, 3.8) is 0 Å². The largest absolute Gasteiger partial charge is 0.305 e. The maximum atomic E-state index is 4.78. The van der Waals surface area contributed by atoms with E-state index >= 15 is 0 Å². The van der Waals surface area contributed by atoms with Crippen LogP contribution < -0.4 is 5.19 Å². The number of rotatable bonds is 6. The number of nitrogens with zero attached hydrogens (tertiary/aromatic N) is 2. The standard InChI is InChI=1S/C26H22N.C21H20NSSi.Ir/c1-26(2,23-14-7-4-8-15-23)24-16-17-27-25(19-24)22-13-9-12-21(18-22)20-10-5-3-6-11-20;1-14-9-11-16(18-12-10-15(13-22-18)24(2,3)4)21-20(14)17-7-5-6-8-19(17)23-21;/h3-12,14-19H,1-2H3;5-10,12-13H,1-4H3;/q2*-1;. The van der Waals surface area contributed by atoms with Crippen LogP contribution in [0.5, 0.6) is 0 Å². The summed E-state index contributed by atoms with van der Waals surface area (Å²) in [6.07, 6.45) is 3.97. The molecule has 2 nitrogen and oxygen atoms in total. The number of fused-ring (bicyclic) bond motifs is 3. The molecule has 0 aliphatic heterocycles. The summed E-state index contributed by atoms with van der Waals surface area (Å²) in [6, 6.07) is 53.5. The molecule has 0 saturated heterocycles. The molecular weight excluding hydrogens is 845 g/mol. The Labute approximate surface area is 327 Å². The molecule has 0 bridgehead atoms. The van der Waals surface area contributed by atoms with Gasteiger partial charge in [0.15, 0.2) is 0 Å². The number of benzene rings is 5. The van der Waals surface area contributed by atoms with Crippen molar-refractivity contribution < 1.29 is 20.1 Å².